The molecule has 4 nitrogen and oxygen atoms in total. The fourth-order valence-electron chi connectivity index (χ4n) is 0.934. The van der Waals surface area contributed by atoms with Crippen LogP contribution >= 0.6 is 0 Å². The Morgan fingerprint density at radius 1 is 1.38 bits per heavy atom. The van der Waals surface area contributed by atoms with Crippen molar-refractivity contribution < 1.29 is 4.74 Å². The van der Waals surface area contributed by atoms with Crippen LogP contribution < -0.4 is 4.90 Å². The molecule has 0 aliphatic rings. The fourth-order valence-corrected chi connectivity index (χ4v) is 0.934. The molecule has 0 bridgehead atoms. The lowest BCUT2D eigenvalue weighted by Gasteiger charge is -2.15. The summed E-state index contributed by atoms with van der Waals surface area (Å²) >= 11 is 0. The number of hydrogen-bond donors (Lipinski definition) is 0. The molecule has 4 heteroatoms. The Morgan fingerprint density at radius 3 is 2.69 bits per heavy atom. The van der Waals surface area contributed by atoms with Gasteiger partial charge >= 0.3 is 0 Å². The highest BCUT2D eigenvalue weighted by Crippen LogP contribution is 2.00. The van der Waals surface area contributed by atoms with Crippen LogP contribution in [0.5, 0.6) is 0 Å². The summed E-state index contributed by atoms with van der Waals surface area (Å²) in [5, 5.41) is 0. The number of ether oxygens (including phenoxy) is 1. The van der Waals surface area contributed by atoms with Gasteiger partial charge in [0.15, 0.2) is 0 Å². The van der Waals surface area contributed by atoms with Crippen LogP contribution in [-0.4, -0.2) is 36.8 Å². The summed E-state index contributed by atoms with van der Waals surface area (Å²) in [7, 11) is 1.95. The highest BCUT2D eigenvalue weighted by Gasteiger charge is 2.00. The van der Waals surface area contributed by atoms with Gasteiger partial charge in [0.25, 0.3) is 0 Å². The van der Waals surface area contributed by atoms with Crippen LogP contribution in [0.3, 0.4) is 0 Å². The fraction of sp³-hybridized carbons (Fsp3) is 0.556. The van der Waals surface area contributed by atoms with E-state index in [9.17, 15) is 0 Å². The average molecular weight is 181 g/mol. The molecule has 0 amide bonds. The van der Waals surface area contributed by atoms with E-state index in [4.69, 9.17) is 4.74 Å². The molecule has 0 aromatic carbocycles. The van der Waals surface area contributed by atoms with Crippen LogP contribution in [0.2, 0.25) is 0 Å². The molecule has 0 unspecified atom stereocenters. The van der Waals surface area contributed by atoms with E-state index < -0.39 is 0 Å². The van der Waals surface area contributed by atoms with Crippen molar-refractivity contribution in [1.29, 1.82) is 0 Å². The largest absolute Gasteiger partial charge is 0.380 e. The number of hydrogen-bond acceptors (Lipinski definition) is 4. The normalized spacial score (nSPS) is 10.0. The maximum atomic E-state index is 5.23. The van der Waals surface area contributed by atoms with Crippen molar-refractivity contribution >= 4 is 5.95 Å². The van der Waals surface area contributed by atoms with Crippen molar-refractivity contribution in [1.82, 2.24) is 9.97 Å². The van der Waals surface area contributed by atoms with Gasteiger partial charge in [0.2, 0.25) is 5.95 Å². The van der Waals surface area contributed by atoms with Crippen LogP contribution in [0.15, 0.2) is 18.5 Å². The summed E-state index contributed by atoms with van der Waals surface area (Å²) in [4.78, 5) is 10.2. The molecule has 1 aromatic heterocycles. The van der Waals surface area contributed by atoms with Crippen LogP contribution in [-0.2, 0) is 4.74 Å². The number of anilines is 1. The Kier molecular flexibility index (Phi) is 4.18. The minimum absolute atomic E-state index is 0.714. The van der Waals surface area contributed by atoms with Gasteiger partial charge in [-0.15, -0.1) is 0 Å². The van der Waals surface area contributed by atoms with Crippen LogP contribution in [0, 0.1) is 0 Å². The highest BCUT2D eigenvalue weighted by atomic mass is 16.5. The first-order valence-corrected chi connectivity index (χ1v) is 4.40. The molecule has 0 saturated heterocycles. The Labute approximate surface area is 78.6 Å². The molecule has 1 rings (SSSR count). The van der Waals surface area contributed by atoms with Gasteiger partial charge in [-0.05, 0) is 13.0 Å². The molecular weight excluding hydrogens is 166 g/mol. The van der Waals surface area contributed by atoms with Crippen molar-refractivity contribution in [2.24, 2.45) is 0 Å². The summed E-state index contributed by atoms with van der Waals surface area (Å²) in [5.41, 5.74) is 0. The van der Waals surface area contributed by atoms with Crippen molar-refractivity contribution in [2.75, 3.05) is 31.7 Å². The van der Waals surface area contributed by atoms with Gasteiger partial charge in [-0.25, -0.2) is 9.97 Å². The van der Waals surface area contributed by atoms with E-state index in [1.807, 2.05) is 18.9 Å². The van der Waals surface area contributed by atoms with Crippen LogP contribution in [0.4, 0.5) is 5.95 Å². The molecular formula is C9H15N3O. The number of likely N-dealkylation sites (N-methyl/N-ethyl adjacent to an activating group) is 1. The SMILES string of the molecule is CCOCCN(C)c1ncccn1. The topological polar surface area (TPSA) is 38.2 Å². The quantitative estimate of drug-likeness (QED) is 0.634. The lowest BCUT2D eigenvalue weighted by molar-refractivity contribution is 0.154. The third kappa shape index (κ3) is 3.38. The molecule has 0 N–H and O–H groups in total. The molecule has 72 valence electrons. The number of nitrogens with zero attached hydrogens (tertiary/aromatic N) is 3. The first-order chi connectivity index (χ1) is 6.34. The Balaban J connectivity index is 2.35. The van der Waals surface area contributed by atoms with E-state index in [-0.39, 0.29) is 0 Å². The molecule has 0 aliphatic heterocycles. The zero-order valence-electron chi connectivity index (χ0n) is 8.10. The Morgan fingerprint density at radius 2 is 2.08 bits per heavy atom. The average Bonchev–Trinajstić information content (AvgIpc) is 2.19. The van der Waals surface area contributed by atoms with Gasteiger partial charge in [0, 0.05) is 32.6 Å². The minimum atomic E-state index is 0.714. The second-order valence-electron chi connectivity index (χ2n) is 2.67. The molecule has 1 heterocycles. The van der Waals surface area contributed by atoms with Crippen molar-refractivity contribution in [2.45, 2.75) is 6.92 Å². The first-order valence-electron chi connectivity index (χ1n) is 4.40. The summed E-state index contributed by atoms with van der Waals surface area (Å²) in [6.07, 6.45) is 3.47. The van der Waals surface area contributed by atoms with Gasteiger partial charge in [-0.3, -0.25) is 0 Å². The lowest BCUT2D eigenvalue weighted by atomic mass is 10.6. The van der Waals surface area contributed by atoms with E-state index in [1.165, 1.54) is 0 Å². The lowest BCUT2D eigenvalue weighted by Crippen LogP contribution is -2.24. The van der Waals surface area contributed by atoms with Crippen LogP contribution in [0.25, 0.3) is 0 Å². The molecule has 0 fully saturated rings. The monoisotopic (exact) mass is 181 g/mol. The zero-order chi connectivity index (χ0) is 9.52. The molecule has 0 radical (unpaired) electrons. The predicted molar refractivity (Wildman–Crippen MR) is 51.8 cm³/mol. The standard InChI is InChI=1S/C9H15N3O/c1-3-13-8-7-12(2)9-10-5-4-6-11-9/h4-6H,3,7-8H2,1-2H3. The van der Waals surface area contributed by atoms with Gasteiger partial charge in [-0.2, -0.15) is 0 Å². The minimum Gasteiger partial charge on any atom is -0.380 e. The smallest absolute Gasteiger partial charge is 0.225 e. The van der Waals surface area contributed by atoms with Crippen LogP contribution in [0.1, 0.15) is 6.92 Å². The van der Waals surface area contributed by atoms with Crippen molar-refractivity contribution in [3.05, 3.63) is 18.5 Å². The van der Waals surface area contributed by atoms with E-state index in [0.717, 1.165) is 19.1 Å². The Hall–Kier alpha value is -1.16. The number of rotatable bonds is 5. The maximum Gasteiger partial charge on any atom is 0.225 e. The van der Waals surface area contributed by atoms with Crippen molar-refractivity contribution in [3.8, 4) is 0 Å². The molecule has 0 spiro atoms. The molecule has 13 heavy (non-hydrogen) atoms. The number of aromatic nitrogens is 2. The van der Waals surface area contributed by atoms with Gasteiger partial charge < -0.3 is 9.64 Å². The van der Waals surface area contributed by atoms with E-state index >= 15 is 0 Å². The Bertz CT molecular complexity index is 228. The van der Waals surface area contributed by atoms with Gasteiger partial charge in [-0.1, -0.05) is 0 Å². The maximum absolute atomic E-state index is 5.23. The molecule has 1 aromatic rings. The summed E-state index contributed by atoms with van der Waals surface area (Å²) < 4.78 is 5.23. The van der Waals surface area contributed by atoms with E-state index in [1.54, 1.807) is 18.5 Å². The summed E-state index contributed by atoms with van der Waals surface area (Å²) in [6.45, 7) is 4.27. The first kappa shape index (κ1) is 9.92. The molecule has 0 atom stereocenters. The zero-order valence-corrected chi connectivity index (χ0v) is 8.10. The van der Waals surface area contributed by atoms with Crippen molar-refractivity contribution in [3.63, 3.8) is 0 Å². The van der Waals surface area contributed by atoms with Gasteiger partial charge in [0.1, 0.15) is 0 Å². The third-order valence-electron chi connectivity index (χ3n) is 1.67. The van der Waals surface area contributed by atoms with E-state index in [2.05, 4.69) is 9.97 Å². The molecule has 0 saturated carbocycles. The van der Waals surface area contributed by atoms with Gasteiger partial charge in [0.05, 0.1) is 6.61 Å². The second-order valence-corrected chi connectivity index (χ2v) is 2.67. The summed E-state index contributed by atoms with van der Waals surface area (Å²) in [6, 6.07) is 1.81. The second kappa shape index (κ2) is 5.48. The van der Waals surface area contributed by atoms with E-state index in [0.29, 0.717) is 6.61 Å². The third-order valence-corrected chi connectivity index (χ3v) is 1.67. The summed E-state index contributed by atoms with van der Waals surface area (Å²) in [5.74, 6) is 0.738. The predicted octanol–water partition coefficient (Wildman–Crippen LogP) is 0.949. The highest BCUT2D eigenvalue weighted by molar-refractivity contribution is 5.25. The molecule has 0 aliphatic carbocycles.